The molecule has 1 aliphatic rings. The molecule has 174 valence electrons. The number of likely N-dealkylation sites (tertiary alicyclic amines) is 1. The minimum Gasteiger partial charge on any atom is -0.342 e. The number of nitro benzene ring substituents is 1. The van der Waals surface area contributed by atoms with E-state index in [1.54, 1.807) is 10.6 Å². The van der Waals surface area contributed by atoms with Crippen LogP contribution in [0, 0.1) is 17.0 Å². The van der Waals surface area contributed by atoms with E-state index in [4.69, 9.17) is 4.98 Å². The molecule has 5 rings (SSSR count). The summed E-state index contributed by atoms with van der Waals surface area (Å²) in [4.78, 5) is 43.7. The van der Waals surface area contributed by atoms with Crippen LogP contribution in [0.2, 0.25) is 0 Å². The number of fused-ring (bicyclic) bond motifs is 3. The SMILES string of the molecule is Cc1ccc(Cn2c(SCC(=O)N3CCCC3)nc3c(sc4ccc([N+](=O)[O-])cc43)c2=O)cc1. The van der Waals surface area contributed by atoms with Crippen LogP contribution in [0.15, 0.2) is 52.4 Å². The van der Waals surface area contributed by atoms with Crippen LogP contribution < -0.4 is 5.56 Å². The topological polar surface area (TPSA) is 98.3 Å². The molecule has 0 atom stereocenters. The van der Waals surface area contributed by atoms with Crippen molar-refractivity contribution in [1.29, 1.82) is 0 Å². The molecule has 8 nitrogen and oxygen atoms in total. The maximum absolute atomic E-state index is 13.6. The first-order valence-corrected chi connectivity index (χ1v) is 12.8. The van der Waals surface area contributed by atoms with E-state index in [2.05, 4.69) is 0 Å². The lowest BCUT2D eigenvalue weighted by Gasteiger charge is -2.16. The van der Waals surface area contributed by atoms with Crippen LogP contribution in [0.4, 0.5) is 5.69 Å². The first-order valence-electron chi connectivity index (χ1n) is 11.0. The second kappa shape index (κ2) is 9.19. The van der Waals surface area contributed by atoms with E-state index in [9.17, 15) is 19.7 Å². The zero-order valence-electron chi connectivity index (χ0n) is 18.5. The number of thioether (sulfide) groups is 1. The lowest BCUT2D eigenvalue weighted by molar-refractivity contribution is -0.384. The molecule has 0 saturated carbocycles. The summed E-state index contributed by atoms with van der Waals surface area (Å²) >= 11 is 2.53. The minimum absolute atomic E-state index is 0.0320. The highest BCUT2D eigenvalue weighted by Gasteiger charge is 2.22. The number of nitrogens with zero attached hydrogens (tertiary/aromatic N) is 4. The van der Waals surface area contributed by atoms with Crippen molar-refractivity contribution in [1.82, 2.24) is 14.5 Å². The summed E-state index contributed by atoms with van der Waals surface area (Å²) in [6.45, 7) is 3.86. The second-order valence-electron chi connectivity index (χ2n) is 8.37. The van der Waals surface area contributed by atoms with Gasteiger partial charge in [-0.3, -0.25) is 24.3 Å². The Hall–Kier alpha value is -3.24. The number of carbonyl (C=O) groups is 1. The average Bonchev–Trinajstić information content (AvgIpc) is 3.49. The van der Waals surface area contributed by atoms with Gasteiger partial charge in [0.15, 0.2) is 5.16 Å². The number of aryl methyl sites for hydroxylation is 1. The molecule has 0 spiro atoms. The lowest BCUT2D eigenvalue weighted by atomic mass is 10.1. The van der Waals surface area contributed by atoms with Gasteiger partial charge in [-0.1, -0.05) is 41.6 Å². The number of aromatic nitrogens is 2. The Morgan fingerprint density at radius 2 is 1.91 bits per heavy atom. The summed E-state index contributed by atoms with van der Waals surface area (Å²) in [5.41, 5.74) is 2.28. The van der Waals surface area contributed by atoms with Crippen molar-refractivity contribution < 1.29 is 9.72 Å². The Morgan fingerprint density at radius 1 is 1.18 bits per heavy atom. The number of hydrogen-bond acceptors (Lipinski definition) is 7. The predicted octanol–water partition coefficient (Wildman–Crippen LogP) is 4.59. The van der Waals surface area contributed by atoms with Crippen molar-refractivity contribution in [3.63, 3.8) is 0 Å². The van der Waals surface area contributed by atoms with Crippen molar-refractivity contribution in [2.24, 2.45) is 0 Å². The van der Waals surface area contributed by atoms with Crippen molar-refractivity contribution >= 4 is 55.0 Å². The summed E-state index contributed by atoms with van der Waals surface area (Å²) in [6, 6.07) is 12.5. The summed E-state index contributed by atoms with van der Waals surface area (Å²) in [7, 11) is 0. The number of hydrogen-bond donors (Lipinski definition) is 0. The zero-order chi connectivity index (χ0) is 23.8. The fraction of sp³-hybridized carbons (Fsp3) is 0.292. The summed E-state index contributed by atoms with van der Waals surface area (Å²) in [6.07, 6.45) is 2.02. The Balaban J connectivity index is 1.61. The molecular weight excluding hydrogens is 472 g/mol. The summed E-state index contributed by atoms with van der Waals surface area (Å²) in [5.74, 6) is 0.221. The molecular formula is C24H22N4O4S2. The first-order chi connectivity index (χ1) is 16.4. The van der Waals surface area contributed by atoms with Gasteiger partial charge >= 0.3 is 0 Å². The van der Waals surface area contributed by atoms with Crippen LogP contribution in [0.3, 0.4) is 0 Å². The fourth-order valence-corrected chi connectivity index (χ4v) is 6.08. The molecule has 0 radical (unpaired) electrons. The molecule has 1 amide bonds. The van der Waals surface area contributed by atoms with Gasteiger partial charge in [-0.25, -0.2) is 4.98 Å². The van der Waals surface area contributed by atoms with E-state index in [0.717, 1.165) is 41.8 Å². The third-order valence-corrected chi connectivity index (χ3v) is 8.09. The average molecular weight is 495 g/mol. The number of nitro groups is 1. The quantitative estimate of drug-likeness (QED) is 0.168. The van der Waals surface area contributed by atoms with Crippen molar-refractivity contribution in [3.8, 4) is 0 Å². The monoisotopic (exact) mass is 494 g/mol. The summed E-state index contributed by atoms with van der Waals surface area (Å²) in [5, 5.41) is 12.3. The van der Waals surface area contributed by atoms with Crippen molar-refractivity contribution in [2.45, 2.75) is 31.5 Å². The normalized spacial score (nSPS) is 13.7. The molecule has 0 unspecified atom stereocenters. The van der Waals surface area contributed by atoms with Gasteiger partial charge in [0.05, 0.1) is 22.7 Å². The number of amides is 1. The molecule has 34 heavy (non-hydrogen) atoms. The zero-order valence-corrected chi connectivity index (χ0v) is 20.2. The van der Waals surface area contributed by atoms with E-state index in [0.29, 0.717) is 27.3 Å². The smallest absolute Gasteiger partial charge is 0.272 e. The van der Waals surface area contributed by atoms with Crippen LogP contribution in [0.25, 0.3) is 20.3 Å². The Bertz CT molecular complexity index is 1470. The van der Waals surface area contributed by atoms with Crippen LogP contribution >= 0.6 is 23.1 Å². The number of benzene rings is 2. The molecule has 2 aromatic carbocycles. The number of thiophene rings is 1. The van der Waals surface area contributed by atoms with Crippen LogP contribution in [0.1, 0.15) is 24.0 Å². The van der Waals surface area contributed by atoms with Gasteiger partial charge < -0.3 is 4.90 Å². The van der Waals surface area contributed by atoms with Crippen LogP contribution in [0.5, 0.6) is 0 Å². The van der Waals surface area contributed by atoms with Gasteiger partial charge in [0.1, 0.15) is 4.70 Å². The van der Waals surface area contributed by atoms with Crippen molar-refractivity contribution in [2.75, 3.05) is 18.8 Å². The number of non-ortho nitro benzene ring substituents is 1. The maximum Gasteiger partial charge on any atom is 0.272 e. The standard InChI is InChI=1S/C24H22N4O4S2/c1-15-4-6-16(7-5-15)13-27-23(30)22-21(18-12-17(28(31)32)8-9-19(18)34-22)25-24(27)33-14-20(29)26-10-2-3-11-26/h4-9,12H,2-3,10-11,13-14H2,1H3. The molecule has 1 aliphatic heterocycles. The lowest BCUT2D eigenvalue weighted by Crippen LogP contribution is -2.30. The molecule has 4 aromatic rings. The molecule has 1 saturated heterocycles. The molecule has 0 bridgehead atoms. The van der Waals surface area contributed by atoms with Gasteiger partial charge in [-0.15, -0.1) is 11.3 Å². The Kier molecular flexibility index (Phi) is 6.09. The van der Waals surface area contributed by atoms with Crippen LogP contribution in [-0.2, 0) is 11.3 Å². The van der Waals surface area contributed by atoms with E-state index >= 15 is 0 Å². The molecule has 3 heterocycles. The first kappa shape index (κ1) is 22.5. The highest BCUT2D eigenvalue weighted by atomic mass is 32.2. The van der Waals surface area contributed by atoms with Crippen LogP contribution in [-0.4, -0.2) is 44.1 Å². The van der Waals surface area contributed by atoms with E-state index in [-0.39, 0.29) is 22.9 Å². The largest absolute Gasteiger partial charge is 0.342 e. The molecule has 0 aliphatic carbocycles. The Morgan fingerprint density at radius 3 is 2.62 bits per heavy atom. The van der Waals surface area contributed by atoms with Gasteiger partial charge in [-0.2, -0.15) is 0 Å². The van der Waals surface area contributed by atoms with E-state index in [1.807, 2.05) is 36.1 Å². The number of rotatable bonds is 6. The van der Waals surface area contributed by atoms with Gasteiger partial charge in [0.2, 0.25) is 5.91 Å². The second-order valence-corrected chi connectivity index (χ2v) is 10.4. The fourth-order valence-electron chi connectivity index (χ4n) is 4.12. The third-order valence-electron chi connectivity index (χ3n) is 5.98. The molecule has 2 aromatic heterocycles. The van der Waals surface area contributed by atoms with Gasteiger partial charge in [-0.05, 0) is 31.4 Å². The molecule has 0 N–H and O–H groups in total. The van der Waals surface area contributed by atoms with Crippen molar-refractivity contribution in [3.05, 3.63) is 74.1 Å². The van der Waals surface area contributed by atoms with Gasteiger partial charge in [0.25, 0.3) is 11.2 Å². The summed E-state index contributed by atoms with van der Waals surface area (Å²) < 4.78 is 2.83. The number of carbonyl (C=O) groups excluding carboxylic acids is 1. The third kappa shape index (κ3) is 4.30. The Labute approximate surface area is 203 Å². The highest BCUT2D eigenvalue weighted by Crippen LogP contribution is 2.34. The molecule has 10 heteroatoms. The van der Waals surface area contributed by atoms with E-state index < -0.39 is 4.92 Å². The minimum atomic E-state index is -0.452. The highest BCUT2D eigenvalue weighted by molar-refractivity contribution is 7.99. The predicted molar refractivity (Wildman–Crippen MR) is 135 cm³/mol. The van der Waals surface area contributed by atoms with Gasteiger partial charge in [0, 0.05) is 35.3 Å². The van der Waals surface area contributed by atoms with E-state index in [1.165, 1.54) is 35.2 Å². The molecule has 1 fully saturated rings. The maximum atomic E-state index is 13.6.